The van der Waals surface area contributed by atoms with Gasteiger partial charge in [0, 0.05) is 24.9 Å². The maximum absolute atomic E-state index is 12.4. The number of rotatable bonds is 1. The van der Waals surface area contributed by atoms with Gasteiger partial charge in [0.2, 0.25) is 5.79 Å². The maximum Gasteiger partial charge on any atom is 0.236 e. The molecule has 3 aliphatic carbocycles. The molecule has 4 atom stereocenters. The van der Waals surface area contributed by atoms with Crippen LogP contribution in [0.2, 0.25) is 0 Å². The van der Waals surface area contributed by atoms with E-state index in [2.05, 4.69) is 19.9 Å². The third kappa shape index (κ3) is 1.33. The van der Waals surface area contributed by atoms with Gasteiger partial charge < -0.3 is 9.47 Å². The predicted octanol–water partition coefficient (Wildman–Crippen LogP) is 2.31. The summed E-state index contributed by atoms with van der Waals surface area (Å²) in [6, 6.07) is 0. The molecule has 17 heavy (non-hydrogen) atoms. The van der Waals surface area contributed by atoms with E-state index in [9.17, 15) is 4.79 Å². The van der Waals surface area contributed by atoms with Crippen molar-refractivity contribution in [1.82, 2.24) is 0 Å². The van der Waals surface area contributed by atoms with Crippen molar-refractivity contribution in [3.63, 3.8) is 0 Å². The number of hydrogen-bond acceptors (Lipinski definition) is 3. The quantitative estimate of drug-likeness (QED) is 0.655. The van der Waals surface area contributed by atoms with Crippen molar-refractivity contribution >= 4 is 5.78 Å². The molecule has 4 bridgehead atoms. The second-order valence-electron chi connectivity index (χ2n) is 6.08. The van der Waals surface area contributed by atoms with Crippen molar-refractivity contribution in [1.29, 1.82) is 0 Å². The molecule has 94 valence electrons. The van der Waals surface area contributed by atoms with Crippen LogP contribution in [0, 0.1) is 17.3 Å². The van der Waals surface area contributed by atoms with Gasteiger partial charge in [0.05, 0.1) is 6.61 Å². The predicted molar refractivity (Wildman–Crippen MR) is 63.4 cm³/mol. The summed E-state index contributed by atoms with van der Waals surface area (Å²) in [5.74, 6) is -0.229. The number of hydrogen-bond donors (Lipinski definition) is 0. The zero-order valence-corrected chi connectivity index (χ0v) is 10.8. The first-order chi connectivity index (χ1) is 8.02. The second kappa shape index (κ2) is 3.42. The summed E-state index contributed by atoms with van der Waals surface area (Å²) >= 11 is 0. The lowest BCUT2D eigenvalue weighted by Crippen LogP contribution is -2.52. The van der Waals surface area contributed by atoms with E-state index in [1.54, 1.807) is 7.11 Å². The molecule has 0 spiro atoms. The Morgan fingerprint density at radius 1 is 1.53 bits per heavy atom. The third-order valence-electron chi connectivity index (χ3n) is 4.81. The number of ether oxygens (including phenoxy) is 2. The Hall–Kier alpha value is -0.670. The molecule has 2 fully saturated rings. The van der Waals surface area contributed by atoms with Crippen LogP contribution in [0.1, 0.15) is 33.1 Å². The van der Waals surface area contributed by atoms with Crippen molar-refractivity contribution in [2.24, 2.45) is 17.3 Å². The molecule has 1 saturated heterocycles. The van der Waals surface area contributed by atoms with Gasteiger partial charge in [-0.3, -0.25) is 4.79 Å². The smallest absolute Gasteiger partial charge is 0.236 e. The fourth-order valence-corrected chi connectivity index (χ4v) is 4.26. The summed E-state index contributed by atoms with van der Waals surface area (Å²) in [5, 5.41) is 0. The van der Waals surface area contributed by atoms with Crippen LogP contribution < -0.4 is 0 Å². The first kappa shape index (κ1) is 11.4. The van der Waals surface area contributed by atoms with Gasteiger partial charge in [0.15, 0.2) is 5.78 Å². The normalized spacial score (nSPS) is 48.9. The molecule has 1 saturated carbocycles. The van der Waals surface area contributed by atoms with Crippen LogP contribution in [0.3, 0.4) is 0 Å². The van der Waals surface area contributed by atoms with Crippen LogP contribution in [-0.4, -0.2) is 25.3 Å². The molecule has 4 aliphatic rings. The van der Waals surface area contributed by atoms with Crippen LogP contribution in [0.25, 0.3) is 0 Å². The van der Waals surface area contributed by atoms with Gasteiger partial charge in [0.25, 0.3) is 0 Å². The highest BCUT2D eigenvalue weighted by Gasteiger charge is 2.63. The molecule has 3 nitrogen and oxygen atoms in total. The molecule has 0 unspecified atom stereocenters. The summed E-state index contributed by atoms with van der Waals surface area (Å²) in [5.41, 5.74) is 1.34. The van der Waals surface area contributed by atoms with Crippen molar-refractivity contribution < 1.29 is 14.3 Å². The fourth-order valence-electron chi connectivity index (χ4n) is 4.26. The SMILES string of the molecule is CO[C@@]12OC[C@]3(C)C[C@@H](C=C(C)[C@@H]31)CCC2=O. The highest BCUT2D eigenvalue weighted by atomic mass is 16.7. The average molecular weight is 236 g/mol. The largest absolute Gasteiger partial charge is 0.347 e. The van der Waals surface area contributed by atoms with Gasteiger partial charge in [0.1, 0.15) is 0 Å². The maximum atomic E-state index is 12.4. The fraction of sp³-hybridized carbons (Fsp3) is 0.786. The minimum atomic E-state index is -0.999. The number of allylic oxidation sites excluding steroid dienone is 1. The summed E-state index contributed by atoms with van der Waals surface area (Å²) < 4.78 is 11.4. The Balaban J connectivity index is 2.17. The van der Waals surface area contributed by atoms with Gasteiger partial charge in [-0.05, 0) is 25.7 Å². The molecule has 0 aromatic rings. The first-order valence-corrected chi connectivity index (χ1v) is 6.42. The van der Waals surface area contributed by atoms with Gasteiger partial charge in [-0.2, -0.15) is 0 Å². The lowest BCUT2D eigenvalue weighted by molar-refractivity contribution is -0.211. The lowest BCUT2D eigenvalue weighted by Gasteiger charge is -2.44. The monoisotopic (exact) mass is 236 g/mol. The highest BCUT2D eigenvalue weighted by molar-refractivity contribution is 5.87. The number of carbonyl (C=O) groups excluding carboxylic acids is 1. The van der Waals surface area contributed by atoms with Crippen LogP contribution in [-0.2, 0) is 14.3 Å². The summed E-state index contributed by atoms with van der Waals surface area (Å²) in [6.45, 7) is 5.00. The van der Waals surface area contributed by atoms with E-state index in [1.807, 2.05) is 0 Å². The molecule has 1 aliphatic heterocycles. The molecule has 0 aromatic carbocycles. The molecule has 0 aromatic heterocycles. The number of methoxy groups -OCH3 is 1. The van der Waals surface area contributed by atoms with E-state index in [0.29, 0.717) is 18.9 Å². The Labute approximate surface area is 102 Å². The second-order valence-corrected chi connectivity index (χ2v) is 6.08. The van der Waals surface area contributed by atoms with E-state index in [-0.39, 0.29) is 17.1 Å². The van der Waals surface area contributed by atoms with Crippen molar-refractivity contribution in [3.05, 3.63) is 11.6 Å². The van der Waals surface area contributed by atoms with E-state index in [4.69, 9.17) is 9.47 Å². The van der Waals surface area contributed by atoms with E-state index in [0.717, 1.165) is 12.8 Å². The molecule has 3 heteroatoms. The van der Waals surface area contributed by atoms with Crippen molar-refractivity contribution in [2.45, 2.75) is 38.9 Å². The summed E-state index contributed by atoms with van der Waals surface area (Å²) in [7, 11) is 1.60. The van der Waals surface area contributed by atoms with Crippen LogP contribution in [0.4, 0.5) is 0 Å². The van der Waals surface area contributed by atoms with Crippen molar-refractivity contribution in [3.8, 4) is 0 Å². The molecular weight excluding hydrogens is 216 g/mol. The first-order valence-electron chi connectivity index (χ1n) is 6.42. The number of ketones is 1. The minimum absolute atomic E-state index is 0.0651. The molecule has 0 N–H and O–H groups in total. The molecule has 1 heterocycles. The number of carbonyl (C=O) groups is 1. The number of fused-ring (bicyclic) bond motifs is 2. The van der Waals surface area contributed by atoms with Crippen LogP contribution in [0.15, 0.2) is 11.6 Å². The molecule has 0 radical (unpaired) electrons. The lowest BCUT2D eigenvalue weighted by atomic mass is 9.60. The minimum Gasteiger partial charge on any atom is -0.347 e. The van der Waals surface area contributed by atoms with Crippen LogP contribution >= 0.6 is 0 Å². The number of Topliss-reactive ketones (excluding diaryl/α,β-unsaturated/α-hetero) is 1. The summed E-state index contributed by atoms with van der Waals surface area (Å²) in [4.78, 5) is 12.4. The standard InChI is InChI=1S/C14H20O3/c1-9-6-10-4-5-11(15)14(16-3)12(9)13(2,7-10)8-17-14/h6,10,12H,4-5,7-8H2,1-3H3/t10-,12+,13+,14+/m1/s1. The average Bonchev–Trinajstić information content (AvgIpc) is 2.60. The van der Waals surface area contributed by atoms with E-state index < -0.39 is 5.79 Å². The Morgan fingerprint density at radius 2 is 2.29 bits per heavy atom. The Kier molecular flexibility index (Phi) is 2.30. The Morgan fingerprint density at radius 3 is 3.00 bits per heavy atom. The van der Waals surface area contributed by atoms with Crippen molar-refractivity contribution in [2.75, 3.05) is 13.7 Å². The molecule has 4 rings (SSSR count). The zero-order chi connectivity index (χ0) is 12.3. The van der Waals surface area contributed by atoms with E-state index >= 15 is 0 Å². The third-order valence-corrected chi connectivity index (χ3v) is 4.81. The zero-order valence-electron chi connectivity index (χ0n) is 10.8. The van der Waals surface area contributed by atoms with Gasteiger partial charge in [-0.25, -0.2) is 0 Å². The molecular formula is C14H20O3. The van der Waals surface area contributed by atoms with Crippen LogP contribution in [0.5, 0.6) is 0 Å². The van der Waals surface area contributed by atoms with Gasteiger partial charge in [-0.1, -0.05) is 18.6 Å². The van der Waals surface area contributed by atoms with Gasteiger partial charge >= 0.3 is 0 Å². The topological polar surface area (TPSA) is 35.5 Å². The Bertz CT molecular complexity index is 400. The van der Waals surface area contributed by atoms with Gasteiger partial charge in [-0.15, -0.1) is 0 Å². The highest BCUT2D eigenvalue weighted by Crippen LogP contribution is 2.57. The van der Waals surface area contributed by atoms with E-state index in [1.165, 1.54) is 5.57 Å². The summed E-state index contributed by atoms with van der Waals surface area (Å²) in [6.07, 6.45) is 4.97. The molecule has 0 amide bonds.